The molecule has 1 saturated heterocycles. The lowest BCUT2D eigenvalue weighted by atomic mass is 10.1. The number of unbranched alkanes of at least 4 members (excludes halogenated alkanes) is 3. The van der Waals surface area contributed by atoms with Gasteiger partial charge in [0.1, 0.15) is 0 Å². The number of benzene rings is 2. The van der Waals surface area contributed by atoms with E-state index in [1.165, 1.54) is 27.8 Å². The highest BCUT2D eigenvalue weighted by Gasteiger charge is 2.30. The molecule has 0 saturated carbocycles. The molecule has 0 amide bonds. The second-order valence-corrected chi connectivity index (χ2v) is 11.7. The van der Waals surface area contributed by atoms with Crippen LogP contribution in [0.5, 0.6) is 0 Å². The molecule has 2 aromatic carbocycles. The van der Waals surface area contributed by atoms with Gasteiger partial charge in [-0.2, -0.15) is 17.5 Å². The van der Waals surface area contributed by atoms with Gasteiger partial charge < -0.3 is 14.4 Å². The Morgan fingerprint density at radius 1 is 1.00 bits per heavy atom. The van der Waals surface area contributed by atoms with Crippen LogP contribution in [0.3, 0.4) is 0 Å². The number of hydrogen-bond acceptors (Lipinski definition) is 6. The summed E-state index contributed by atoms with van der Waals surface area (Å²) in [4.78, 5) is 5.27. The number of halogens is 3. The molecule has 1 fully saturated rings. The molecule has 0 spiro atoms. The van der Waals surface area contributed by atoms with Gasteiger partial charge in [0.2, 0.25) is 10.0 Å². The summed E-state index contributed by atoms with van der Waals surface area (Å²) in [5, 5.41) is 10.9. The zero-order valence-electron chi connectivity index (χ0n) is 20.7. The molecule has 3 aromatic rings. The van der Waals surface area contributed by atoms with Crippen molar-refractivity contribution in [1.29, 1.82) is 0 Å². The van der Waals surface area contributed by atoms with Crippen molar-refractivity contribution in [2.45, 2.75) is 43.3 Å². The predicted octanol–water partition coefficient (Wildman–Crippen LogP) is 5.04. The van der Waals surface area contributed by atoms with Gasteiger partial charge >= 0.3 is 6.18 Å². The Balaban J connectivity index is 1.66. The number of rotatable bonds is 10. The molecular formula is C26H30F3N3O4S2. The second kappa shape index (κ2) is 12.6. The van der Waals surface area contributed by atoms with Crippen LogP contribution >= 0.6 is 11.3 Å². The summed E-state index contributed by atoms with van der Waals surface area (Å²) in [6.07, 6.45) is -1.21. The van der Waals surface area contributed by atoms with E-state index in [0.29, 0.717) is 44.1 Å². The van der Waals surface area contributed by atoms with Crippen LogP contribution in [-0.4, -0.2) is 55.3 Å². The van der Waals surface area contributed by atoms with Gasteiger partial charge in [-0.1, -0.05) is 31.0 Å². The van der Waals surface area contributed by atoms with E-state index in [0.717, 1.165) is 42.7 Å². The van der Waals surface area contributed by atoms with Gasteiger partial charge in [0.25, 0.3) is 0 Å². The average molecular weight is 570 g/mol. The quantitative estimate of drug-likeness (QED) is 0.347. The van der Waals surface area contributed by atoms with Crippen LogP contribution in [-0.2, 0) is 27.5 Å². The molecule has 0 aliphatic carbocycles. The first-order valence-corrected chi connectivity index (χ1v) is 14.7. The zero-order chi connectivity index (χ0) is 27.2. The number of alkyl halides is 3. The Bertz CT molecular complexity index is 1380. The van der Waals surface area contributed by atoms with Crippen molar-refractivity contribution in [3.05, 3.63) is 64.3 Å². The summed E-state index contributed by atoms with van der Waals surface area (Å²) in [5.41, 5.74) is 1.03. The molecule has 12 heteroatoms. The van der Waals surface area contributed by atoms with E-state index in [4.69, 9.17) is 9.84 Å². The summed E-state index contributed by atoms with van der Waals surface area (Å²) in [5.74, 6) is 0. The predicted molar refractivity (Wildman–Crippen MR) is 140 cm³/mol. The van der Waals surface area contributed by atoms with Crippen molar-refractivity contribution in [2.24, 2.45) is 4.99 Å². The van der Waals surface area contributed by atoms with Crippen LogP contribution in [0.15, 0.2) is 63.8 Å². The van der Waals surface area contributed by atoms with Crippen molar-refractivity contribution in [1.82, 2.24) is 8.87 Å². The third-order valence-corrected chi connectivity index (χ3v) is 9.02. The molecule has 0 unspecified atom stereocenters. The van der Waals surface area contributed by atoms with Crippen LogP contribution in [0.25, 0.3) is 11.3 Å². The molecule has 1 aliphatic rings. The summed E-state index contributed by atoms with van der Waals surface area (Å²) < 4.78 is 74.2. The molecule has 1 aliphatic heterocycles. The maximum absolute atomic E-state index is 13.2. The van der Waals surface area contributed by atoms with Crippen molar-refractivity contribution in [3.8, 4) is 11.3 Å². The minimum absolute atomic E-state index is 0.132. The minimum atomic E-state index is -4.46. The first-order chi connectivity index (χ1) is 18.2. The van der Waals surface area contributed by atoms with Crippen LogP contribution in [0.1, 0.15) is 31.2 Å². The maximum atomic E-state index is 13.2. The van der Waals surface area contributed by atoms with Gasteiger partial charge in [-0.25, -0.2) is 13.4 Å². The number of sulfonamides is 1. The maximum Gasteiger partial charge on any atom is 0.416 e. The van der Waals surface area contributed by atoms with Crippen molar-refractivity contribution in [2.75, 3.05) is 32.9 Å². The highest BCUT2D eigenvalue weighted by atomic mass is 32.2. The lowest BCUT2D eigenvalue weighted by molar-refractivity contribution is -0.137. The minimum Gasteiger partial charge on any atom is -0.396 e. The van der Waals surface area contributed by atoms with E-state index in [1.54, 1.807) is 24.3 Å². The van der Waals surface area contributed by atoms with Crippen LogP contribution < -0.4 is 4.80 Å². The Morgan fingerprint density at radius 2 is 1.71 bits per heavy atom. The fourth-order valence-electron chi connectivity index (χ4n) is 4.20. The van der Waals surface area contributed by atoms with E-state index in [9.17, 15) is 21.6 Å². The molecule has 1 aromatic heterocycles. The Labute approximate surface area is 223 Å². The van der Waals surface area contributed by atoms with Crippen LogP contribution in [0.4, 0.5) is 18.9 Å². The monoisotopic (exact) mass is 569 g/mol. The van der Waals surface area contributed by atoms with Crippen molar-refractivity contribution in [3.63, 3.8) is 0 Å². The molecule has 38 heavy (non-hydrogen) atoms. The molecule has 0 atom stereocenters. The lowest BCUT2D eigenvalue weighted by Crippen LogP contribution is -2.40. The number of morpholine rings is 1. The van der Waals surface area contributed by atoms with Crippen LogP contribution in [0, 0.1) is 0 Å². The number of aliphatic hydroxyl groups is 1. The molecule has 206 valence electrons. The second-order valence-electron chi connectivity index (χ2n) is 8.89. The summed E-state index contributed by atoms with van der Waals surface area (Å²) >= 11 is 1.31. The van der Waals surface area contributed by atoms with Gasteiger partial charge in [0.05, 0.1) is 35.1 Å². The standard InChI is InChI=1S/C26H30F3N3O4S2/c27-26(28,29)21-6-5-7-22(18-21)30-25-32(12-3-1-2-4-15-33)24(19-37-25)20-8-10-23(11-9-20)38(34,35)31-13-16-36-17-14-31/h5-11,18-19,33H,1-4,12-17H2. The molecule has 2 heterocycles. The van der Waals surface area contributed by atoms with Gasteiger partial charge in [0, 0.05) is 31.6 Å². The fourth-order valence-corrected chi connectivity index (χ4v) is 6.56. The van der Waals surface area contributed by atoms with Crippen molar-refractivity contribution >= 4 is 27.0 Å². The molecule has 4 rings (SSSR count). The summed E-state index contributed by atoms with van der Waals surface area (Å²) in [7, 11) is -3.63. The molecule has 0 radical (unpaired) electrons. The van der Waals surface area contributed by atoms with E-state index in [-0.39, 0.29) is 17.2 Å². The summed E-state index contributed by atoms with van der Waals surface area (Å²) in [6.45, 7) is 2.06. The molecule has 1 N–H and O–H groups in total. The van der Waals surface area contributed by atoms with Gasteiger partial charge in [-0.05, 0) is 48.7 Å². The fraction of sp³-hybridized carbons (Fsp3) is 0.423. The summed E-state index contributed by atoms with van der Waals surface area (Å²) in [6, 6.07) is 11.5. The Morgan fingerprint density at radius 3 is 2.39 bits per heavy atom. The Kier molecular flexibility index (Phi) is 9.42. The highest BCUT2D eigenvalue weighted by molar-refractivity contribution is 7.89. The van der Waals surface area contributed by atoms with E-state index >= 15 is 0 Å². The molecule has 7 nitrogen and oxygen atoms in total. The number of nitrogens with zero attached hydrogens (tertiary/aromatic N) is 3. The topological polar surface area (TPSA) is 84.1 Å². The van der Waals surface area contributed by atoms with E-state index in [1.807, 2.05) is 9.95 Å². The van der Waals surface area contributed by atoms with Crippen molar-refractivity contribution < 1.29 is 31.4 Å². The van der Waals surface area contributed by atoms with E-state index in [2.05, 4.69) is 4.99 Å². The zero-order valence-corrected chi connectivity index (χ0v) is 22.4. The number of thiazole rings is 1. The van der Waals surface area contributed by atoms with Gasteiger partial charge in [-0.3, -0.25) is 0 Å². The first-order valence-electron chi connectivity index (χ1n) is 12.4. The smallest absolute Gasteiger partial charge is 0.396 e. The van der Waals surface area contributed by atoms with Gasteiger partial charge in [0.15, 0.2) is 4.80 Å². The van der Waals surface area contributed by atoms with E-state index < -0.39 is 21.8 Å². The average Bonchev–Trinajstić information content (AvgIpc) is 3.31. The third-order valence-electron chi connectivity index (χ3n) is 6.24. The molecule has 0 bridgehead atoms. The third kappa shape index (κ3) is 6.92. The molecular weight excluding hydrogens is 539 g/mol. The Hall–Kier alpha value is -2.51. The SMILES string of the molecule is O=S(=O)(c1ccc(-c2csc(=Nc3cccc(C(F)(F)F)c3)n2CCCCCCO)cc1)N1CCOCC1. The largest absolute Gasteiger partial charge is 0.416 e. The highest BCUT2D eigenvalue weighted by Crippen LogP contribution is 2.31. The number of ether oxygens (including phenoxy) is 1. The van der Waals surface area contributed by atoms with Crippen LogP contribution in [0.2, 0.25) is 0 Å². The first kappa shape index (κ1) is 28.5. The lowest BCUT2D eigenvalue weighted by Gasteiger charge is -2.26. The number of hydrogen-bond donors (Lipinski definition) is 1. The number of aliphatic hydroxyl groups excluding tert-OH is 1. The number of aromatic nitrogens is 1. The van der Waals surface area contributed by atoms with Gasteiger partial charge in [-0.15, -0.1) is 11.3 Å². The normalized spacial score (nSPS) is 15.7.